The van der Waals surface area contributed by atoms with Crippen LogP contribution in [0.25, 0.3) is 0 Å². The predicted molar refractivity (Wildman–Crippen MR) is 69.6 cm³/mol. The lowest BCUT2D eigenvalue weighted by Gasteiger charge is -2.06. The van der Waals surface area contributed by atoms with E-state index >= 15 is 0 Å². The van der Waals surface area contributed by atoms with Gasteiger partial charge in [-0.15, -0.1) is 0 Å². The van der Waals surface area contributed by atoms with Gasteiger partial charge in [-0.1, -0.05) is 30.3 Å². The first kappa shape index (κ1) is 12.8. The molecule has 1 aromatic carbocycles. The van der Waals surface area contributed by atoms with Gasteiger partial charge in [-0.05, 0) is 5.56 Å². The second-order valence-corrected chi connectivity index (χ2v) is 4.00. The lowest BCUT2D eigenvalue weighted by Crippen LogP contribution is -2.35. The van der Waals surface area contributed by atoms with Crippen molar-refractivity contribution in [2.24, 2.45) is 0 Å². The molecule has 0 aliphatic carbocycles. The standard InChI is InChI=1S/C13H13N3O3/c17-11-6-7-16(13(19)15-11)9-12(18)14-8-10-4-2-1-3-5-10/h1-7H,8-9H2,(H,14,18)(H,15,17,19). The summed E-state index contributed by atoms with van der Waals surface area (Å²) in [5.74, 6) is -0.294. The van der Waals surface area contributed by atoms with Crippen LogP contribution in [-0.2, 0) is 17.9 Å². The van der Waals surface area contributed by atoms with Gasteiger partial charge >= 0.3 is 5.69 Å². The lowest BCUT2D eigenvalue weighted by atomic mass is 10.2. The second kappa shape index (κ2) is 5.81. The molecule has 19 heavy (non-hydrogen) atoms. The summed E-state index contributed by atoms with van der Waals surface area (Å²) in [5, 5.41) is 2.70. The van der Waals surface area contributed by atoms with E-state index in [1.165, 1.54) is 12.3 Å². The molecule has 6 nitrogen and oxygen atoms in total. The van der Waals surface area contributed by atoms with E-state index in [0.29, 0.717) is 6.54 Å². The summed E-state index contributed by atoms with van der Waals surface area (Å²) in [6, 6.07) is 10.7. The fraction of sp³-hybridized carbons (Fsp3) is 0.154. The summed E-state index contributed by atoms with van der Waals surface area (Å²) in [6.45, 7) is 0.278. The molecule has 0 saturated heterocycles. The maximum absolute atomic E-state index is 11.7. The third-order valence-electron chi connectivity index (χ3n) is 2.54. The molecule has 2 N–H and O–H groups in total. The quantitative estimate of drug-likeness (QED) is 0.801. The van der Waals surface area contributed by atoms with E-state index in [2.05, 4.69) is 10.3 Å². The van der Waals surface area contributed by atoms with Gasteiger partial charge in [0.2, 0.25) is 5.91 Å². The molecule has 1 aromatic heterocycles. The average molecular weight is 259 g/mol. The third kappa shape index (κ3) is 3.67. The Balaban J connectivity index is 1.95. The van der Waals surface area contributed by atoms with Crippen molar-refractivity contribution < 1.29 is 4.79 Å². The Hall–Kier alpha value is -2.63. The number of hydrogen-bond acceptors (Lipinski definition) is 3. The molecule has 0 spiro atoms. The number of nitrogens with zero attached hydrogens (tertiary/aromatic N) is 1. The van der Waals surface area contributed by atoms with Crippen LogP contribution in [0, 0.1) is 0 Å². The summed E-state index contributed by atoms with van der Waals surface area (Å²) in [4.78, 5) is 36.0. The number of nitrogens with one attached hydrogen (secondary N) is 2. The van der Waals surface area contributed by atoms with E-state index in [1.807, 2.05) is 30.3 Å². The average Bonchev–Trinajstić information content (AvgIpc) is 2.41. The number of aromatic amines is 1. The van der Waals surface area contributed by atoms with Gasteiger partial charge in [-0.2, -0.15) is 0 Å². The van der Waals surface area contributed by atoms with E-state index in [4.69, 9.17) is 0 Å². The molecule has 0 aliphatic rings. The van der Waals surface area contributed by atoms with Crippen LogP contribution in [0.4, 0.5) is 0 Å². The summed E-state index contributed by atoms with van der Waals surface area (Å²) >= 11 is 0. The van der Waals surface area contributed by atoms with Gasteiger partial charge in [0.15, 0.2) is 0 Å². The molecular weight excluding hydrogens is 246 g/mol. The first-order valence-electron chi connectivity index (χ1n) is 5.75. The zero-order valence-corrected chi connectivity index (χ0v) is 10.1. The van der Waals surface area contributed by atoms with Crippen molar-refractivity contribution in [1.29, 1.82) is 0 Å². The van der Waals surface area contributed by atoms with Crippen molar-refractivity contribution in [3.8, 4) is 0 Å². The number of rotatable bonds is 4. The van der Waals surface area contributed by atoms with Crippen molar-refractivity contribution in [3.63, 3.8) is 0 Å². The van der Waals surface area contributed by atoms with Crippen molar-refractivity contribution in [2.45, 2.75) is 13.1 Å². The highest BCUT2D eigenvalue weighted by molar-refractivity contribution is 5.75. The monoisotopic (exact) mass is 259 g/mol. The maximum atomic E-state index is 11.7. The van der Waals surface area contributed by atoms with Crippen molar-refractivity contribution in [2.75, 3.05) is 0 Å². The van der Waals surface area contributed by atoms with E-state index in [0.717, 1.165) is 10.1 Å². The minimum Gasteiger partial charge on any atom is -0.350 e. The number of benzene rings is 1. The van der Waals surface area contributed by atoms with Crippen LogP contribution in [0.2, 0.25) is 0 Å². The molecule has 0 bridgehead atoms. The molecule has 6 heteroatoms. The molecule has 0 fully saturated rings. The summed E-state index contributed by atoms with van der Waals surface area (Å²) in [6.07, 6.45) is 1.29. The van der Waals surface area contributed by atoms with E-state index in [1.54, 1.807) is 0 Å². The molecule has 2 aromatic rings. The number of carbonyl (C=O) groups excluding carboxylic acids is 1. The number of H-pyrrole nitrogens is 1. The third-order valence-corrected chi connectivity index (χ3v) is 2.54. The zero-order valence-electron chi connectivity index (χ0n) is 10.1. The summed E-state index contributed by atoms with van der Waals surface area (Å²) < 4.78 is 1.14. The van der Waals surface area contributed by atoms with Crippen molar-refractivity contribution in [3.05, 3.63) is 69.0 Å². The van der Waals surface area contributed by atoms with Crippen LogP contribution in [0.1, 0.15) is 5.56 Å². The molecule has 0 aliphatic heterocycles. The Kier molecular flexibility index (Phi) is 3.92. The highest BCUT2D eigenvalue weighted by Gasteiger charge is 2.04. The normalized spacial score (nSPS) is 10.1. The number of hydrogen-bond donors (Lipinski definition) is 2. The van der Waals surface area contributed by atoms with E-state index in [-0.39, 0.29) is 12.5 Å². The smallest absolute Gasteiger partial charge is 0.328 e. The van der Waals surface area contributed by atoms with Crippen LogP contribution in [0.15, 0.2) is 52.2 Å². The van der Waals surface area contributed by atoms with Gasteiger partial charge in [-0.3, -0.25) is 19.1 Å². The topological polar surface area (TPSA) is 84.0 Å². The van der Waals surface area contributed by atoms with Gasteiger partial charge in [0.05, 0.1) is 0 Å². The molecule has 0 atom stereocenters. The lowest BCUT2D eigenvalue weighted by molar-refractivity contribution is -0.121. The molecule has 2 rings (SSSR count). The first-order chi connectivity index (χ1) is 9.15. The van der Waals surface area contributed by atoms with Crippen LogP contribution in [-0.4, -0.2) is 15.5 Å². The Morgan fingerprint density at radius 1 is 1.16 bits per heavy atom. The molecular formula is C13H13N3O3. The zero-order chi connectivity index (χ0) is 13.7. The van der Waals surface area contributed by atoms with Crippen molar-refractivity contribution >= 4 is 5.91 Å². The molecule has 1 heterocycles. The summed E-state index contributed by atoms with van der Waals surface area (Å²) in [5.41, 5.74) is -0.0991. The molecule has 0 unspecified atom stereocenters. The molecule has 1 amide bonds. The number of carbonyl (C=O) groups is 1. The Bertz CT molecular complexity index is 673. The SMILES string of the molecule is O=C(Cn1ccc(=O)[nH]c1=O)NCc1ccccc1. The molecule has 98 valence electrons. The highest BCUT2D eigenvalue weighted by Crippen LogP contribution is 1.96. The number of aromatic nitrogens is 2. The molecule has 0 radical (unpaired) electrons. The summed E-state index contributed by atoms with van der Waals surface area (Å²) in [7, 11) is 0. The van der Waals surface area contributed by atoms with Crippen LogP contribution >= 0.6 is 0 Å². The second-order valence-electron chi connectivity index (χ2n) is 4.00. The van der Waals surface area contributed by atoms with E-state index < -0.39 is 11.2 Å². The minimum absolute atomic E-state index is 0.123. The molecule has 0 saturated carbocycles. The number of amides is 1. The fourth-order valence-corrected chi connectivity index (χ4v) is 1.58. The van der Waals surface area contributed by atoms with Crippen LogP contribution < -0.4 is 16.6 Å². The first-order valence-corrected chi connectivity index (χ1v) is 5.75. The van der Waals surface area contributed by atoms with Gasteiger partial charge in [0, 0.05) is 18.8 Å². The van der Waals surface area contributed by atoms with Crippen LogP contribution in [0.5, 0.6) is 0 Å². The van der Waals surface area contributed by atoms with Gasteiger partial charge in [0.1, 0.15) is 6.54 Å². The minimum atomic E-state index is -0.595. The van der Waals surface area contributed by atoms with Crippen LogP contribution in [0.3, 0.4) is 0 Å². The predicted octanol–water partition coefficient (Wildman–Crippen LogP) is -0.147. The van der Waals surface area contributed by atoms with E-state index in [9.17, 15) is 14.4 Å². The van der Waals surface area contributed by atoms with Gasteiger partial charge in [0.25, 0.3) is 5.56 Å². The Morgan fingerprint density at radius 3 is 2.58 bits per heavy atom. The Morgan fingerprint density at radius 2 is 1.89 bits per heavy atom. The maximum Gasteiger partial charge on any atom is 0.328 e. The van der Waals surface area contributed by atoms with Gasteiger partial charge in [-0.25, -0.2) is 4.79 Å². The fourth-order valence-electron chi connectivity index (χ4n) is 1.58. The van der Waals surface area contributed by atoms with Crippen molar-refractivity contribution in [1.82, 2.24) is 14.9 Å². The van der Waals surface area contributed by atoms with Gasteiger partial charge < -0.3 is 5.32 Å². The Labute approximate surface area is 108 Å². The highest BCUT2D eigenvalue weighted by atomic mass is 16.2. The largest absolute Gasteiger partial charge is 0.350 e.